The van der Waals surface area contributed by atoms with Gasteiger partial charge in [0.1, 0.15) is 5.60 Å². The van der Waals surface area contributed by atoms with Gasteiger partial charge in [0, 0.05) is 17.6 Å². The SMILES string of the molecule is Cc1ccccc1N1C[C@]23C=C[C@@H](O2)[C@@H](C(=O)[O-])[C@H]3C1=O. The third-order valence-electron chi connectivity index (χ3n) is 4.78. The molecule has 2 saturated heterocycles. The van der Waals surface area contributed by atoms with Crippen LogP contribution >= 0.6 is 0 Å². The number of para-hydroxylation sites is 1. The van der Waals surface area contributed by atoms with Crippen LogP contribution in [0.25, 0.3) is 0 Å². The maximum atomic E-state index is 12.8. The topological polar surface area (TPSA) is 69.7 Å². The molecule has 5 heteroatoms. The lowest BCUT2D eigenvalue weighted by Gasteiger charge is -2.24. The molecule has 0 unspecified atom stereocenters. The molecule has 2 bridgehead atoms. The van der Waals surface area contributed by atoms with Crippen molar-refractivity contribution in [3.8, 4) is 0 Å². The van der Waals surface area contributed by atoms with Crippen molar-refractivity contribution in [2.45, 2.75) is 18.6 Å². The molecule has 3 heterocycles. The molecule has 4 rings (SSSR count). The predicted molar refractivity (Wildman–Crippen MR) is 72.3 cm³/mol. The van der Waals surface area contributed by atoms with Crippen LogP contribution in [0.3, 0.4) is 0 Å². The zero-order valence-corrected chi connectivity index (χ0v) is 11.5. The van der Waals surface area contributed by atoms with Crippen molar-refractivity contribution < 1.29 is 19.4 Å². The van der Waals surface area contributed by atoms with Gasteiger partial charge in [-0.15, -0.1) is 0 Å². The number of hydrogen-bond donors (Lipinski definition) is 0. The molecule has 0 aromatic heterocycles. The van der Waals surface area contributed by atoms with Crippen LogP contribution in [0.1, 0.15) is 5.56 Å². The number of carboxylic acid groups (broad SMARTS) is 1. The van der Waals surface area contributed by atoms with Gasteiger partial charge >= 0.3 is 0 Å². The zero-order valence-electron chi connectivity index (χ0n) is 11.5. The number of anilines is 1. The summed E-state index contributed by atoms with van der Waals surface area (Å²) in [4.78, 5) is 25.8. The molecule has 3 aliphatic heterocycles. The first-order valence-corrected chi connectivity index (χ1v) is 6.98. The first kappa shape index (κ1) is 12.6. The lowest BCUT2D eigenvalue weighted by atomic mass is 9.77. The number of aryl methyl sites for hydroxylation is 1. The van der Waals surface area contributed by atoms with E-state index in [1.807, 2.05) is 37.3 Å². The monoisotopic (exact) mass is 284 g/mol. The van der Waals surface area contributed by atoms with Gasteiger partial charge in [0.25, 0.3) is 0 Å². The number of amides is 1. The highest BCUT2D eigenvalue weighted by Crippen LogP contribution is 2.52. The fourth-order valence-corrected chi connectivity index (χ4v) is 3.84. The van der Waals surface area contributed by atoms with Gasteiger partial charge in [-0.3, -0.25) is 4.79 Å². The summed E-state index contributed by atoms with van der Waals surface area (Å²) in [6.45, 7) is 2.29. The Bertz CT molecular complexity index is 683. The Morgan fingerprint density at radius 2 is 2.19 bits per heavy atom. The van der Waals surface area contributed by atoms with E-state index in [4.69, 9.17) is 4.74 Å². The van der Waals surface area contributed by atoms with Crippen LogP contribution in [-0.4, -0.2) is 30.1 Å². The highest BCUT2D eigenvalue weighted by Gasteiger charge is 2.65. The normalized spacial score (nSPS) is 36.3. The number of rotatable bonds is 2. The number of benzene rings is 1. The Morgan fingerprint density at radius 1 is 1.43 bits per heavy atom. The summed E-state index contributed by atoms with van der Waals surface area (Å²) < 4.78 is 5.83. The average molecular weight is 284 g/mol. The van der Waals surface area contributed by atoms with E-state index in [0.717, 1.165) is 11.3 Å². The minimum Gasteiger partial charge on any atom is -0.550 e. The highest BCUT2D eigenvalue weighted by atomic mass is 16.5. The molecule has 108 valence electrons. The molecule has 2 fully saturated rings. The Labute approximate surface area is 121 Å². The number of ether oxygens (including phenoxy) is 1. The first-order chi connectivity index (χ1) is 10.0. The molecule has 5 nitrogen and oxygen atoms in total. The molecule has 0 radical (unpaired) electrons. The first-order valence-electron chi connectivity index (χ1n) is 6.98. The van der Waals surface area contributed by atoms with Gasteiger partial charge in [0.05, 0.1) is 18.6 Å². The summed E-state index contributed by atoms with van der Waals surface area (Å²) in [6, 6.07) is 7.57. The van der Waals surface area contributed by atoms with Crippen molar-refractivity contribution in [2.75, 3.05) is 11.4 Å². The van der Waals surface area contributed by atoms with E-state index in [9.17, 15) is 14.7 Å². The molecule has 21 heavy (non-hydrogen) atoms. The van der Waals surface area contributed by atoms with Gasteiger partial charge in [-0.25, -0.2) is 0 Å². The number of fused-ring (bicyclic) bond motifs is 1. The van der Waals surface area contributed by atoms with E-state index in [0.29, 0.717) is 6.54 Å². The van der Waals surface area contributed by atoms with Gasteiger partial charge in [-0.05, 0) is 18.6 Å². The largest absolute Gasteiger partial charge is 0.550 e. The van der Waals surface area contributed by atoms with Crippen molar-refractivity contribution in [3.63, 3.8) is 0 Å². The smallest absolute Gasteiger partial charge is 0.234 e. The average Bonchev–Trinajstić information content (AvgIpc) is 3.08. The Morgan fingerprint density at radius 3 is 2.90 bits per heavy atom. The van der Waals surface area contributed by atoms with Crippen molar-refractivity contribution in [3.05, 3.63) is 42.0 Å². The molecule has 1 aromatic carbocycles. The molecule has 3 aliphatic rings. The van der Waals surface area contributed by atoms with E-state index in [1.54, 1.807) is 11.0 Å². The lowest BCUT2D eigenvalue weighted by molar-refractivity contribution is -0.313. The molecule has 0 aliphatic carbocycles. The minimum absolute atomic E-state index is 0.189. The molecule has 0 saturated carbocycles. The molecule has 4 atom stereocenters. The number of hydrogen-bond acceptors (Lipinski definition) is 4. The Kier molecular flexibility index (Phi) is 2.37. The fraction of sp³-hybridized carbons (Fsp3) is 0.375. The summed E-state index contributed by atoms with van der Waals surface area (Å²) >= 11 is 0. The number of aliphatic carboxylic acids is 1. The maximum absolute atomic E-state index is 12.8. The van der Waals surface area contributed by atoms with Crippen molar-refractivity contribution in [2.24, 2.45) is 11.8 Å². The highest BCUT2D eigenvalue weighted by molar-refractivity contribution is 6.02. The van der Waals surface area contributed by atoms with Crippen LogP contribution in [-0.2, 0) is 14.3 Å². The van der Waals surface area contributed by atoms with Crippen LogP contribution in [0.4, 0.5) is 5.69 Å². The molecule has 1 amide bonds. The van der Waals surface area contributed by atoms with Crippen LogP contribution in [0, 0.1) is 18.8 Å². The summed E-state index contributed by atoms with van der Waals surface area (Å²) in [7, 11) is 0. The second-order valence-corrected chi connectivity index (χ2v) is 5.93. The second-order valence-electron chi connectivity index (χ2n) is 5.93. The lowest BCUT2D eigenvalue weighted by Crippen LogP contribution is -2.45. The Balaban J connectivity index is 1.78. The predicted octanol–water partition coefficient (Wildman–Crippen LogP) is 0.0313. The summed E-state index contributed by atoms with van der Waals surface area (Å²) in [5.41, 5.74) is 0.976. The third kappa shape index (κ3) is 1.49. The van der Waals surface area contributed by atoms with E-state index >= 15 is 0 Å². The number of nitrogens with zero attached hydrogens (tertiary/aromatic N) is 1. The van der Waals surface area contributed by atoms with Crippen LogP contribution in [0.5, 0.6) is 0 Å². The molecular formula is C16H14NO4-. The summed E-state index contributed by atoms with van der Waals surface area (Å²) in [5, 5.41) is 11.4. The number of carboxylic acids is 1. The quantitative estimate of drug-likeness (QED) is 0.719. The number of carbonyl (C=O) groups excluding carboxylic acids is 2. The van der Waals surface area contributed by atoms with Gasteiger partial charge in [0.15, 0.2) is 0 Å². The van der Waals surface area contributed by atoms with E-state index in [-0.39, 0.29) is 5.91 Å². The van der Waals surface area contributed by atoms with Crippen molar-refractivity contribution in [1.82, 2.24) is 0 Å². The minimum atomic E-state index is -1.21. The maximum Gasteiger partial charge on any atom is 0.234 e. The Hall–Kier alpha value is -2.14. The summed E-state index contributed by atoms with van der Waals surface area (Å²) in [5.74, 6) is -2.98. The molecule has 1 aromatic rings. The second kappa shape index (κ2) is 3.95. The molecule has 0 N–H and O–H groups in total. The van der Waals surface area contributed by atoms with Gasteiger partial charge in [-0.1, -0.05) is 30.4 Å². The van der Waals surface area contributed by atoms with Gasteiger partial charge in [0.2, 0.25) is 5.91 Å². The van der Waals surface area contributed by atoms with Crippen LogP contribution < -0.4 is 10.0 Å². The third-order valence-corrected chi connectivity index (χ3v) is 4.78. The molecule has 1 spiro atoms. The van der Waals surface area contributed by atoms with Crippen molar-refractivity contribution >= 4 is 17.6 Å². The van der Waals surface area contributed by atoms with E-state index in [1.165, 1.54) is 0 Å². The van der Waals surface area contributed by atoms with Crippen LogP contribution in [0.2, 0.25) is 0 Å². The molecular weight excluding hydrogens is 270 g/mol. The fourth-order valence-electron chi connectivity index (χ4n) is 3.84. The zero-order chi connectivity index (χ0) is 14.8. The van der Waals surface area contributed by atoms with E-state index in [2.05, 4.69) is 0 Å². The number of carbonyl (C=O) groups is 2. The van der Waals surface area contributed by atoms with Gasteiger partial charge in [-0.2, -0.15) is 0 Å². The summed E-state index contributed by atoms with van der Waals surface area (Å²) in [6.07, 6.45) is 3.05. The van der Waals surface area contributed by atoms with E-state index < -0.39 is 29.5 Å². The van der Waals surface area contributed by atoms with Crippen molar-refractivity contribution in [1.29, 1.82) is 0 Å². The van der Waals surface area contributed by atoms with Crippen LogP contribution in [0.15, 0.2) is 36.4 Å². The standard InChI is InChI=1S/C16H15NO4/c1-9-4-2-3-5-10(9)17-8-16-7-6-11(21-16)12(15(19)20)13(16)14(17)18/h2-7,11-13H,8H2,1H3,(H,19,20)/p-1/t11-,12-,13+,16+/m1/s1. The van der Waals surface area contributed by atoms with Gasteiger partial charge < -0.3 is 19.5 Å².